The largest absolute Gasteiger partial charge is 0.456 e. The molecule has 0 radical (unpaired) electrons. The minimum absolute atomic E-state index is 0.559. The molecule has 1 atom stereocenters. The number of aromatic nitrogens is 1. The molecule has 0 bridgehead atoms. The number of benzene rings is 10. The Hall–Kier alpha value is -8.94. The summed E-state index contributed by atoms with van der Waals surface area (Å²) in [7, 11) is 0. The van der Waals surface area contributed by atoms with E-state index >= 15 is 0 Å². The first kappa shape index (κ1) is 35.5. The van der Waals surface area contributed by atoms with E-state index in [2.05, 4.69) is 149 Å². The molecule has 15 rings (SSSR count). The first-order valence-corrected chi connectivity index (χ1v) is 22.2. The number of amidine groups is 2. The second kappa shape index (κ2) is 13.3. The maximum atomic E-state index is 6.86. The lowest BCUT2D eigenvalue weighted by Gasteiger charge is -2.26. The molecule has 0 saturated carbocycles. The zero-order chi connectivity index (χ0) is 43.0. The topological polar surface area (TPSA) is 81.1 Å². The Morgan fingerprint density at radius 3 is 1.83 bits per heavy atom. The van der Waals surface area contributed by atoms with Crippen molar-refractivity contribution in [1.29, 1.82) is 0 Å². The normalized spacial score (nSPS) is 14.5. The van der Waals surface area contributed by atoms with Gasteiger partial charge in [-0.2, -0.15) is 0 Å². The third-order valence-corrected chi connectivity index (χ3v) is 13.6. The summed E-state index contributed by atoms with van der Waals surface area (Å²) < 4.78 is 22.2. The number of furan rings is 3. The fourth-order valence-electron chi connectivity index (χ4n) is 10.7. The highest BCUT2D eigenvalue weighted by Gasteiger charge is 2.29. The van der Waals surface area contributed by atoms with E-state index in [0.29, 0.717) is 11.7 Å². The van der Waals surface area contributed by atoms with Crippen LogP contribution in [0.1, 0.15) is 22.9 Å². The Labute approximate surface area is 375 Å². The molecule has 10 aromatic carbocycles. The predicted octanol–water partition coefficient (Wildman–Crippen LogP) is 15.3. The van der Waals surface area contributed by atoms with Crippen molar-refractivity contribution < 1.29 is 13.3 Å². The lowest BCUT2D eigenvalue weighted by atomic mass is 10.00. The minimum atomic E-state index is -0.559. The van der Waals surface area contributed by atoms with Crippen LogP contribution in [0, 0.1) is 0 Å². The smallest absolute Gasteiger partial charge is 0.160 e. The van der Waals surface area contributed by atoms with Crippen molar-refractivity contribution in [2.75, 3.05) is 0 Å². The monoisotopic (exact) mass is 846 g/mol. The summed E-state index contributed by atoms with van der Waals surface area (Å²) in [5, 5.41) is 17.0. The van der Waals surface area contributed by atoms with Gasteiger partial charge in [0.25, 0.3) is 0 Å². The third-order valence-electron chi connectivity index (χ3n) is 13.6. The Morgan fingerprint density at radius 2 is 1.02 bits per heavy atom. The maximum absolute atomic E-state index is 6.86. The summed E-state index contributed by atoms with van der Waals surface area (Å²) in [6.45, 7) is 0. The van der Waals surface area contributed by atoms with Gasteiger partial charge in [0.15, 0.2) is 5.84 Å². The predicted molar refractivity (Wildman–Crippen MR) is 269 cm³/mol. The fourth-order valence-corrected chi connectivity index (χ4v) is 10.7. The SMILES string of the molecule is c1ccc2cc3c(cc2c1)c1ccccc1n3-c1cc2c(cc1C1=NC(c3cccc4oc5ccccc5c34)=NC(c3cccc4oc5ccccc5c34)N1)oc1ccc3ccccc3c12. The molecule has 7 heteroatoms. The number of fused-ring (bicyclic) bond motifs is 15. The van der Waals surface area contributed by atoms with E-state index in [1.54, 1.807) is 0 Å². The van der Waals surface area contributed by atoms with Gasteiger partial charge >= 0.3 is 0 Å². The molecule has 0 aliphatic carbocycles. The number of nitrogens with zero attached hydrogens (tertiary/aromatic N) is 3. The van der Waals surface area contributed by atoms with Gasteiger partial charge in [0.2, 0.25) is 0 Å². The molecule has 1 aliphatic rings. The first-order chi connectivity index (χ1) is 32.7. The number of hydrogen-bond donors (Lipinski definition) is 1. The van der Waals surface area contributed by atoms with Gasteiger partial charge in [0.05, 0.1) is 16.7 Å². The van der Waals surface area contributed by atoms with Crippen molar-refractivity contribution in [3.63, 3.8) is 0 Å². The molecule has 0 fully saturated rings. The second-order valence-corrected chi connectivity index (χ2v) is 17.3. The molecule has 1 unspecified atom stereocenters. The van der Waals surface area contributed by atoms with Gasteiger partial charge in [0.1, 0.15) is 45.5 Å². The second-order valence-electron chi connectivity index (χ2n) is 17.3. The van der Waals surface area contributed by atoms with E-state index in [1.165, 1.54) is 21.5 Å². The molecule has 7 nitrogen and oxygen atoms in total. The van der Waals surface area contributed by atoms with Crippen molar-refractivity contribution in [2.24, 2.45) is 9.98 Å². The van der Waals surface area contributed by atoms with E-state index in [0.717, 1.165) is 110 Å². The van der Waals surface area contributed by atoms with Crippen molar-refractivity contribution in [2.45, 2.75) is 6.17 Å². The zero-order valence-electron chi connectivity index (χ0n) is 35.1. The van der Waals surface area contributed by atoms with E-state index in [4.69, 9.17) is 23.2 Å². The molecule has 0 saturated heterocycles. The van der Waals surface area contributed by atoms with Crippen LogP contribution in [-0.4, -0.2) is 16.2 Å². The van der Waals surface area contributed by atoms with Gasteiger partial charge in [0, 0.05) is 59.8 Å². The fraction of sp³-hybridized carbons (Fsp3) is 0.0169. The van der Waals surface area contributed by atoms with Gasteiger partial charge in [-0.1, -0.05) is 133 Å². The van der Waals surface area contributed by atoms with E-state index in [1.807, 2.05) is 54.6 Å². The molecular weight excluding hydrogens is 813 g/mol. The van der Waals surface area contributed by atoms with Crippen molar-refractivity contribution in [3.8, 4) is 5.69 Å². The molecule has 308 valence electrons. The Kier molecular flexibility index (Phi) is 7.15. The molecule has 5 heterocycles. The van der Waals surface area contributed by atoms with Crippen LogP contribution in [0.15, 0.2) is 217 Å². The van der Waals surface area contributed by atoms with Crippen LogP contribution in [0.25, 0.3) is 115 Å². The molecule has 0 spiro atoms. The van der Waals surface area contributed by atoms with Crippen LogP contribution in [-0.2, 0) is 0 Å². The summed E-state index contributed by atoms with van der Waals surface area (Å²) in [5.41, 5.74) is 10.7. The van der Waals surface area contributed by atoms with Crippen LogP contribution in [0.2, 0.25) is 0 Å². The molecule has 14 aromatic rings. The van der Waals surface area contributed by atoms with E-state index in [9.17, 15) is 0 Å². The van der Waals surface area contributed by atoms with Gasteiger partial charge in [-0.05, 0) is 82.2 Å². The van der Waals surface area contributed by atoms with Crippen LogP contribution >= 0.6 is 0 Å². The zero-order valence-corrected chi connectivity index (χ0v) is 35.1. The number of nitrogens with one attached hydrogen (secondary N) is 1. The van der Waals surface area contributed by atoms with Crippen LogP contribution in [0.4, 0.5) is 0 Å². The molecule has 66 heavy (non-hydrogen) atoms. The van der Waals surface area contributed by atoms with Crippen molar-refractivity contribution in [1.82, 2.24) is 9.88 Å². The summed E-state index contributed by atoms with van der Waals surface area (Å²) in [4.78, 5) is 11.1. The molecule has 4 aromatic heterocycles. The number of rotatable bonds is 4. The molecule has 1 N–H and O–H groups in total. The van der Waals surface area contributed by atoms with Gasteiger partial charge in [-0.15, -0.1) is 0 Å². The standard InChI is InChI=1S/C59H34N4O3/c1-2-15-35-30-46-42(29-34(35)14-1)37-17-5-8-22-45(37)63(46)47-31-44-53(66-52-28-27-33-13-3-4-16-36(33)54(44)52)32-43(47)59-61-57(40-20-11-25-50-55(40)38-18-6-9-23-48(38)64-50)60-58(62-59)41-21-12-26-51-56(41)39-19-7-10-24-49(39)65-51/h1-32,57H,(H,60,61,62). The van der Waals surface area contributed by atoms with E-state index in [-0.39, 0.29) is 0 Å². The highest BCUT2D eigenvalue weighted by atomic mass is 16.3. The average molecular weight is 847 g/mol. The van der Waals surface area contributed by atoms with Gasteiger partial charge in [-0.3, -0.25) is 0 Å². The average Bonchev–Trinajstić information content (AvgIpc) is 4.14. The highest BCUT2D eigenvalue weighted by molar-refractivity contribution is 6.25. The Morgan fingerprint density at radius 1 is 0.394 bits per heavy atom. The van der Waals surface area contributed by atoms with Crippen LogP contribution in [0.3, 0.4) is 0 Å². The number of hydrogen-bond acceptors (Lipinski definition) is 6. The minimum Gasteiger partial charge on any atom is -0.456 e. The number of aliphatic imine (C=N–C) groups is 2. The number of para-hydroxylation sites is 3. The van der Waals surface area contributed by atoms with Gasteiger partial charge < -0.3 is 23.1 Å². The Bertz CT molecular complexity index is 4460. The summed E-state index contributed by atoms with van der Waals surface area (Å²) in [5.74, 6) is 1.25. The molecule has 1 aliphatic heterocycles. The Balaban J connectivity index is 1.06. The highest BCUT2D eigenvalue weighted by Crippen LogP contribution is 2.43. The van der Waals surface area contributed by atoms with Crippen molar-refractivity contribution >= 4 is 121 Å². The molecule has 0 amide bonds. The quantitative estimate of drug-likeness (QED) is 0.191. The van der Waals surface area contributed by atoms with E-state index < -0.39 is 6.17 Å². The maximum Gasteiger partial charge on any atom is 0.160 e. The van der Waals surface area contributed by atoms with Crippen LogP contribution in [0.5, 0.6) is 0 Å². The summed E-state index contributed by atoms with van der Waals surface area (Å²) >= 11 is 0. The van der Waals surface area contributed by atoms with Crippen LogP contribution < -0.4 is 5.32 Å². The molecular formula is C59H34N4O3. The summed E-state index contributed by atoms with van der Waals surface area (Å²) in [6.07, 6.45) is -0.559. The third kappa shape index (κ3) is 5.02. The van der Waals surface area contributed by atoms with Crippen molar-refractivity contribution in [3.05, 3.63) is 211 Å². The first-order valence-electron chi connectivity index (χ1n) is 22.2. The van der Waals surface area contributed by atoms with Gasteiger partial charge in [-0.25, -0.2) is 9.98 Å². The summed E-state index contributed by atoms with van der Waals surface area (Å²) in [6, 6.07) is 67.9. The lowest BCUT2D eigenvalue weighted by Crippen LogP contribution is -2.34. The lowest BCUT2D eigenvalue weighted by molar-refractivity contribution is 0.661.